The number of rotatable bonds is 5. The van der Waals surface area contributed by atoms with E-state index in [4.69, 9.17) is 4.74 Å². The summed E-state index contributed by atoms with van der Waals surface area (Å²) in [4.78, 5) is 0. The molecule has 0 saturated carbocycles. The van der Waals surface area contributed by atoms with Crippen LogP contribution in [0.4, 0.5) is 0 Å². The molecule has 3 heteroatoms. The number of halogens is 1. The third kappa shape index (κ3) is 4.21. The Bertz CT molecular complexity index is 507. The Hall–Kier alpha value is -1.07. The second kappa shape index (κ2) is 6.91. The Morgan fingerprint density at radius 2 is 1.68 bits per heavy atom. The third-order valence-corrected chi connectivity index (χ3v) is 3.86. The van der Waals surface area contributed by atoms with Crippen LogP contribution < -0.4 is 10.1 Å². The molecule has 2 aromatic carbocycles. The van der Waals surface area contributed by atoms with Crippen molar-refractivity contribution in [2.24, 2.45) is 0 Å². The van der Waals surface area contributed by atoms with Gasteiger partial charge in [0.15, 0.2) is 0 Å². The minimum Gasteiger partial charge on any atom is -0.497 e. The van der Waals surface area contributed by atoms with Crippen molar-refractivity contribution in [1.29, 1.82) is 0 Å². The first-order valence-electron chi connectivity index (χ1n) is 6.31. The third-order valence-electron chi connectivity index (χ3n) is 3.14. The summed E-state index contributed by atoms with van der Waals surface area (Å²) in [5.74, 6) is 0.897. The Kier molecular flexibility index (Phi) is 5.22. The summed E-state index contributed by atoms with van der Waals surface area (Å²) in [7, 11) is 1.69. The molecule has 100 valence electrons. The number of methoxy groups -OCH3 is 1. The van der Waals surface area contributed by atoms with Crippen LogP contribution >= 0.6 is 22.6 Å². The summed E-state index contributed by atoms with van der Waals surface area (Å²) >= 11 is 2.32. The SMILES string of the molecule is COc1ccc([C@H](C)NCc2ccc(I)cc2)cc1. The first kappa shape index (κ1) is 14.3. The van der Waals surface area contributed by atoms with Gasteiger partial charge >= 0.3 is 0 Å². The van der Waals surface area contributed by atoms with Crippen molar-refractivity contribution in [2.75, 3.05) is 7.11 Å². The standard InChI is InChI=1S/C16H18INO/c1-12(14-5-9-16(19-2)10-6-14)18-11-13-3-7-15(17)8-4-13/h3-10,12,18H,11H2,1-2H3/t12-/m0/s1. The maximum atomic E-state index is 5.17. The number of ether oxygens (including phenoxy) is 1. The van der Waals surface area contributed by atoms with Gasteiger partial charge in [0, 0.05) is 16.2 Å². The minimum atomic E-state index is 0.324. The Labute approximate surface area is 128 Å². The Balaban J connectivity index is 1.93. The normalized spacial score (nSPS) is 12.2. The van der Waals surface area contributed by atoms with Gasteiger partial charge in [0.25, 0.3) is 0 Å². The van der Waals surface area contributed by atoms with E-state index in [0.717, 1.165) is 12.3 Å². The van der Waals surface area contributed by atoms with Crippen molar-refractivity contribution in [3.63, 3.8) is 0 Å². The second-order valence-corrected chi connectivity index (χ2v) is 5.75. The van der Waals surface area contributed by atoms with E-state index in [1.807, 2.05) is 12.1 Å². The topological polar surface area (TPSA) is 21.3 Å². The summed E-state index contributed by atoms with van der Waals surface area (Å²) in [6.07, 6.45) is 0. The van der Waals surface area contributed by atoms with Crippen molar-refractivity contribution in [1.82, 2.24) is 5.32 Å². The zero-order chi connectivity index (χ0) is 13.7. The summed E-state index contributed by atoms with van der Waals surface area (Å²) in [6.45, 7) is 3.05. The lowest BCUT2D eigenvalue weighted by atomic mass is 10.1. The molecular weight excluding hydrogens is 349 g/mol. The molecule has 0 spiro atoms. The molecule has 0 aliphatic heterocycles. The number of hydrogen-bond acceptors (Lipinski definition) is 2. The highest BCUT2D eigenvalue weighted by molar-refractivity contribution is 14.1. The van der Waals surface area contributed by atoms with Crippen LogP contribution in [0.1, 0.15) is 24.1 Å². The highest BCUT2D eigenvalue weighted by Gasteiger charge is 2.04. The van der Waals surface area contributed by atoms with E-state index >= 15 is 0 Å². The highest BCUT2D eigenvalue weighted by atomic mass is 127. The van der Waals surface area contributed by atoms with Gasteiger partial charge < -0.3 is 10.1 Å². The number of benzene rings is 2. The fraction of sp³-hybridized carbons (Fsp3) is 0.250. The molecule has 0 fully saturated rings. The molecule has 0 aliphatic carbocycles. The molecule has 0 aromatic heterocycles. The molecule has 0 amide bonds. The van der Waals surface area contributed by atoms with Gasteiger partial charge in [-0.15, -0.1) is 0 Å². The average molecular weight is 367 g/mol. The van der Waals surface area contributed by atoms with Gasteiger partial charge in [-0.3, -0.25) is 0 Å². The van der Waals surface area contributed by atoms with E-state index in [1.54, 1.807) is 7.11 Å². The molecular formula is C16H18INO. The zero-order valence-electron chi connectivity index (χ0n) is 11.2. The van der Waals surface area contributed by atoms with E-state index in [0.29, 0.717) is 6.04 Å². The molecule has 2 nitrogen and oxygen atoms in total. The summed E-state index contributed by atoms with van der Waals surface area (Å²) in [6, 6.07) is 17.1. The van der Waals surface area contributed by atoms with Crippen molar-refractivity contribution in [2.45, 2.75) is 19.5 Å². The predicted molar refractivity (Wildman–Crippen MR) is 87.4 cm³/mol. The van der Waals surface area contributed by atoms with Gasteiger partial charge in [-0.25, -0.2) is 0 Å². The van der Waals surface area contributed by atoms with Gasteiger partial charge in [0.1, 0.15) is 5.75 Å². The lowest BCUT2D eigenvalue weighted by molar-refractivity contribution is 0.414. The molecule has 1 N–H and O–H groups in total. The lowest BCUT2D eigenvalue weighted by Crippen LogP contribution is -2.17. The van der Waals surface area contributed by atoms with Crippen LogP contribution in [0.25, 0.3) is 0 Å². The van der Waals surface area contributed by atoms with Gasteiger partial charge in [0.2, 0.25) is 0 Å². The van der Waals surface area contributed by atoms with Crippen LogP contribution in [0.5, 0.6) is 5.75 Å². The molecule has 0 bridgehead atoms. The molecule has 2 rings (SSSR count). The number of hydrogen-bond donors (Lipinski definition) is 1. The molecule has 19 heavy (non-hydrogen) atoms. The molecule has 0 saturated heterocycles. The predicted octanol–water partition coefficient (Wildman–Crippen LogP) is 4.15. The van der Waals surface area contributed by atoms with Crippen molar-refractivity contribution in [3.05, 3.63) is 63.2 Å². The molecule has 0 heterocycles. The van der Waals surface area contributed by atoms with Crippen LogP contribution in [0, 0.1) is 3.57 Å². The van der Waals surface area contributed by atoms with Gasteiger partial charge in [-0.05, 0) is 64.9 Å². The second-order valence-electron chi connectivity index (χ2n) is 4.50. The van der Waals surface area contributed by atoms with Crippen molar-refractivity contribution in [3.8, 4) is 5.75 Å². The summed E-state index contributed by atoms with van der Waals surface area (Å²) in [5, 5.41) is 3.53. The van der Waals surface area contributed by atoms with E-state index < -0.39 is 0 Å². The lowest BCUT2D eigenvalue weighted by Gasteiger charge is -2.14. The van der Waals surface area contributed by atoms with Gasteiger partial charge in [-0.1, -0.05) is 24.3 Å². The monoisotopic (exact) mass is 367 g/mol. The fourth-order valence-electron chi connectivity index (χ4n) is 1.88. The molecule has 2 aromatic rings. The quantitative estimate of drug-likeness (QED) is 0.802. The zero-order valence-corrected chi connectivity index (χ0v) is 13.3. The number of nitrogens with one attached hydrogen (secondary N) is 1. The molecule has 0 aliphatic rings. The summed E-state index contributed by atoms with van der Waals surface area (Å²) in [5.41, 5.74) is 2.58. The minimum absolute atomic E-state index is 0.324. The largest absolute Gasteiger partial charge is 0.497 e. The maximum absolute atomic E-state index is 5.17. The summed E-state index contributed by atoms with van der Waals surface area (Å²) < 4.78 is 6.44. The average Bonchev–Trinajstić information content (AvgIpc) is 2.46. The van der Waals surface area contributed by atoms with Crippen LogP contribution in [-0.4, -0.2) is 7.11 Å². The van der Waals surface area contributed by atoms with Crippen molar-refractivity contribution >= 4 is 22.6 Å². The first-order chi connectivity index (χ1) is 9.19. The maximum Gasteiger partial charge on any atom is 0.118 e. The van der Waals surface area contributed by atoms with E-state index in [9.17, 15) is 0 Å². The first-order valence-corrected chi connectivity index (χ1v) is 7.38. The van der Waals surface area contributed by atoms with Crippen LogP contribution in [0.15, 0.2) is 48.5 Å². The molecule has 0 unspecified atom stereocenters. The van der Waals surface area contributed by atoms with Crippen LogP contribution in [-0.2, 0) is 6.54 Å². The Morgan fingerprint density at radius 1 is 1.05 bits per heavy atom. The van der Waals surface area contributed by atoms with Crippen LogP contribution in [0.3, 0.4) is 0 Å². The highest BCUT2D eigenvalue weighted by Crippen LogP contribution is 2.17. The van der Waals surface area contributed by atoms with Crippen molar-refractivity contribution < 1.29 is 4.74 Å². The molecule has 0 radical (unpaired) electrons. The van der Waals surface area contributed by atoms with E-state index in [-0.39, 0.29) is 0 Å². The van der Waals surface area contributed by atoms with Gasteiger partial charge in [-0.2, -0.15) is 0 Å². The smallest absolute Gasteiger partial charge is 0.118 e. The van der Waals surface area contributed by atoms with Gasteiger partial charge in [0.05, 0.1) is 7.11 Å². The van der Waals surface area contributed by atoms with Crippen LogP contribution in [0.2, 0.25) is 0 Å². The van der Waals surface area contributed by atoms with E-state index in [1.165, 1.54) is 14.7 Å². The van der Waals surface area contributed by atoms with E-state index in [2.05, 4.69) is 71.2 Å². The fourth-order valence-corrected chi connectivity index (χ4v) is 2.24. The molecule has 1 atom stereocenters. The Morgan fingerprint density at radius 3 is 2.26 bits per heavy atom.